The van der Waals surface area contributed by atoms with Crippen molar-refractivity contribution < 1.29 is 23.5 Å². The number of nitrogens with zero attached hydrogens (tertiary/aromatic N) is 1. The van der Waals surface area contributed by atoms with Crippen LogP contribution in [0.15, 0.2) is 42.5 Å². The number of hydrogen-bond acceptors (Lipinski definition) is 4. The number of rotatable bonds is 4. The number of amides is 3. The van der Waals surface area contributed by atoms with Gasteiger partial charge in [-0.25, -0.2) is 4.39 Å². The van der Waals surface area contributed by atoms with Crippen molar-refractivity contribution in [2.45, 2.75) is 12.8 Å². The van der Waals surface area contributed by atoms with E-state index >= 15 is 0 Å². The molecule has 2 aromatic carbocycles. The molecule has 1 fully saturated rings. The van der Waals surface area contributed by atoms with Crippen LogP contribution in [0, 0.1) is 5.82 Å². The summed E-state index contributed by atoms with van der Waals surface area (Å²) in [7, 11) is 1.49. The molecule has 1 aliphatic heterocycles. The molecule has 1 saturated heterocycles. The molecule has 27 heavy (non-hydrogen) atoms. The van der Waals surface area contributed by atoms with Crippen LogP contribution in [-0.2, 0) is 14.4 Å². The van der Waals surface area contributed by atoms with Crippen LogP contribution in [0.25, 0.3) is 0 Å². The zero-order valence-electron chi connectivity index (χ0n) is 14.6. The summed E-state index contributed by atoms with van der Waals surface area (Å²) in [5.74, 6) is -1.75. The molecule has 2 N–H and O–H groups in total. The van der Waals surface area contributed by atoms with E-state index in [2.05, 4.69) is 10.6 Å². The van der Waals surface area contributed by atoms with Crippen molar-refractivity contribution in [2.24, 2.45) is 0 Å². The number of benzene rings is 2. The molecule has 8 heteroatoms. The van der Waals surface area contributed by atoms with E-state index in [1.165, 1.54) is 31.4 Å². The lowest BCUT2D eigenvalue weighted by Gasteiger charge is -2.20. The Hall–Kier alpha value is -3.42. The first-order chi connectivity index (χ1) is 13.0. The number of ether oxygens (including phenoxy) is 1. The Morgan fingerprint density at radius 3 is 2.26 bits per heavy atom. The van der Waals surface area contributed by atoms with Crippen molar-refractivity contribution in [3.63, 3.8) is 0 Å². The quantitative estimate of drug-likeness (QED) is 0.809. The van der Waals surface area contributed by atoms with E-state index in [-0.39, 0.29) is 5.91 Å². The molecule has 1 aliphatic rings. The summed E-state index contributed by atoms with van der Waals surface area (Å²) in [6.45, 7) is 0.567. The second kappa shape index (κ2) is 7.86. The number of anilines is 3. The fourth-order valence-corrected chi connectivity index (χ4v) is 2.79. The maximum atomic E-state index is 12.9. The Morgan fingerprint density at radius 1 is 1.04 bits per heavy atom. The Labute approximate surface area is 155 Å². The van der Waals surface area contributed by atoms with Crippen LogP contribution in [-0.4, -0.2) is 31.4 Å². The average Bonchev–Trinajstić information content (AvgIpc) is 3.09. The molecular formula is C19H18FN3O4. The molecule has 0 aliphatic carbocycles. The molecule has 0 bridgehead atoms. The fourth-order valence-electron chi connectivity index (χ4n) is 2.79. The molecule has 1 heterocycles. The number of methoxy groups -OCH3 is 1. The number of hydrogen-bond donors (Lipinski definition) is 2. The topological polar surface area (TPSA) is 87.7 Å². The highest BCUT2D eigenvalue weighted by Crippen LogP contribution is 2.34. The van der Waals surface area contributed by atoms with Crippen LogP contribution < -0.4 is 20.3 Å². The Bertz CT molecular complexity index is 883. The largest absolute Gasteiger partial charge is 0.495 e. The SMILES string of the molecule is COc1ccc(NC(=O)C(=O)Nc2ccc(F)cc2)cc1N1CCCC1=O. The highest BCUT2D eigenvalue weighted by atomic mass is 19.1. The number of halogens is 1. The van der Waals surface area contributed by atoms with Crippen LogP contribution in [0.5, 0.6) is 5.75 Å². The molecule has 0 atom stereocenters. The number of carbonyl (C=O) groups is 3. The normalized spacial score (nSPS) is 13.4. The fraction of sp³-hybridized carbons (Fsp3) is 0.211. The molecule has 0 spiro atoms. The second-order valence-electron chi connectivity index (χ2n) is 5.95. The highest BCUT2D eigenvalue weighted by molar-refractivity contribution is 6.43. The van der Waals surface area contributed by atoms with Gasteiger partial charge in [0.15, 0.2) is 0 Å². The van der Waals surface area contributed by atoms with Crippen molar-refractivity contribution in [1.29, 1.82) is 0 Å². The van der Waals surface area contributed by atoms with Gasteiger partial charge in [0.1, 0.15) is 11.6 Å². The summed E-state index contributed by atoms with van der Waals surface area (Å²) < 4.78 is 18.2. The second-order valence-corrected chi connectivity index (χ2v) is 5.95. The lowest BCUT2D eigenvalue weighted by atomic mass is 10.2. The van der Waals surface area contributed by atoms with E-state index in [0.717, 1.165) is 6.42 Å². The van der Waals surface area contributed by atoms with Crippen LogP contribution in [0.1, 0.15) is 12.8 Å². The van der Waals surface area contributed by atoms with Gasteiger partial charge < -0.3 is 20.3 Å². The van der Waals surface area contributed by atoms with Crippen LogP contribution in [0.2, 0.25) is 0 Å². The summed E-state index contributed by atoms with van der Waals surface area (Å²) >= 11 is 0. The van der Waals surface area contributed by atoms with Crippen molar-refractivity contribution in [3.05, 3.63) is 48.3 Å². The minimum atomic E-state index is -0.892. The van der Waals surface area contributed by atoms with Gasteiger partial charge in [0.25, 0.3) is 0 Å². The van der Waals surface area contributed by atoms with E-state index in [1.54, 1.807) is 23.1 Å². The van der Waals surface area contributed by atoms with E-state index in [9.17, 15) is 18.8 Å². The minimum Gasteiger partial charge on any atom is -0.495 e. The molecule has 0 saturated carbocycles. The Kier molecular flexibility index (Phi) is 5.35. The molecule has 3 rings (SSSR count). The average molecular weight is 371 g/mol. The van der Waals surface area contributed by atoms with Gasteiger partial charge >= 0.3 is 11.8 Å². The predicted octanol–water partition coefficient (Wildman–Crippen LogP) is 2.54. The first-order valence-corrected chi connectivity index (χ1v) is 8.34. The third kappa shape index (κ3) is 4.22. The summed E-state index contributed by atoms with van der Waals surface area (Å²) in [6, 6.07) is 9.84. The monoisotopic (exact) mass is 371 g/mol. The maximum absolute atomic E-state index is 12.9. The molecule has 0 radical (unpaired) electrons. The molecule has 7 nitrogen and oxygen atoms in total. The molecular weight excluding hydrogens is 353 g/mol. The third-order valence-electron chi connectivity index (χ3n) is 4.11. The minimum absolute atomic E-state index is 0.0224. The molecule has 0 unspecified atom stereocenters. The van der Waals surface area contributed by atoms with Gasteiger partial charge in [-0.2, -0.15) is 0 Å². The van der Waals surface area contributed by atoms with Crippen molar-refractivity contribution >= 4 is 34.8 Å². The number of nitrogens with one attached hydrogen (secondary N) is 2. The van der Waals surface area contributed by atoms with Crippen LogP contribution in [0.3, 0.4) is 0 Å². The lowest BCUT2D eigenvalue weighted by molar-refractivity contribution is -0.132. The Balaban J connectivity index is 1.72. The van der Waals surface area contributed by atoms with E-state index < -0.39 is 17.6 Å². The lowest BCUT2D eigenvalue weighted by Crippen LogP contribution is -2.29. The van der Waals surface area contributed by atoms with Gasteiger partial charge in [0, 0.05) is 24.3 Å². The standard InChI is InChI=1S/C19H18FN3O4/c1-27-16-9-8-14(11-15(16)23-10-2-3-17(23)24)22-19(26)18(25)21-13-6-4-12(20)5-7-13/h4-9,11H,2-3,10H2,1H3,(H,21,25)(H,22,26). The Morgan fingerprint density at radius 2 is 1.67 bits per heavy atom. The summed E-state index contributed by atoms with van der Waals surface area (Å²) in [6.07, 6.45) is 1.21. The van der Waals surface area contributed by atoms with E-state index in [0.29, 0.717) is 35.8 Å². The molecule has 0 aromatic heterocycles. The van der Waals surface area contributed by atoms with Crippen LogP contribution in [0.4, 0.5) is 21.5 Å². The highest BCUT2D eigenvalue weighted by Gasteiger charge is 2.25. The van der Waals surface area contributed by atoms with Gasteiger partial charge in [-0.05, 0) is 48.9 Å². The maximum Gasteiger partial charge on any atom is 0.314 e. The summed E-state index contributed by atoms with van der Waals surface area (Å²) in [5, 5.41) is 4.87. The van der Waals surface area contributed by atoms with Gasteiger partial charge in [-0.3, -0.25) is 14.4 Å². The molecule has 3 amide bonds. The smallest absolute Gasteiger partial charge is 0.314 e. The predicted molar refractivity (Wildman–Crippen MR) is 98.2 cm³/mol. The number of carbonyl (C=O) groups excluding carboxylic acids is 3. The summed E-state index contributed by atoms with van der Waals surface area (Å²) in [4.78, 5) is 37.7. The van der Waals surface area contributed by atoms with Crippen molar-refractivity contribution in [2.75, 3.05) is 29.2 Å². The van der Waals surface area contributed by atoms with Crippen LogP contribution >= 0.6 is 0 Å². The molecule has 2 aromatic rings. The zero-order chi connectivity index (χ0) is 19.4. The summed E-state index contributed by atoms with van der Waals surface area (Å²) in [5.41, 5.74) is 1.19. The van der Waals surface area contributed by atoms with Crippen molar-refractivity contribution in [3.8, 4) is 5.75 Å². The zero-order valence-corrected chi connectivity index (χ0v) is 14.6. The van der Waals surface area contributed by atoms with E-state index in [1.807, 2.05) is 0 Å². The third-order valence-corrected chi connectivity index (χ3v) is 4.11. The first kappa shape index (κ1) is 18.4. The first-order valence-electron chi connectivity index (χ1n) is 8.34. The van der Waals surface area contributed by atoms with Gasteiger partial charge in [0.2, 0.25) is 5.91 Å². The molecule has 140 valence electrons. The van der Waals surface area contributed by atoms with Crippen molar-refractivity contribution in [1.82, 2.24) is 0 Å². The van der Waals surface area contributed by atoms with Gasteiger partial charge in [-0.1, -0.05) is 0 Å². The van der Waals surface area contributed by atoms with E-state index in [4.69, 9.17) is 4.74 Å². The van der Waals surface area contributed by atoms with Gasteiger partial charge in [-0.15, -0.1) is 0 Å². The van der Waals surface area contributed by atoms with Gasteiger partial charge in [0.05, 0.1) is 12.8 Å².